The summed E-state index contributed by atoms with van der Waals surface area (Å²) >= 11 is 1.54. The van der Waals surface area contributed by atoms with Gasteiger partial charge in [-0.1, -0.05) is 24.7 Å². The third-order valence-electron chi connectivity index (χ3n) is 2.90. The molecule has 0 unspecified atom stereocenters. The molecule has 3 aromatic rings. The number of ether oxygens (including phenoxy) is 1. The molecule has 0 fully saturated rings. The molecule has 0 aliphatic heterocycles. The molecule has 5 heteroatoms. The van der Waals surface area contributed by atoms with Gasteiger partial charge in [-0.25, -0.2) is 9.50 Å². The Labute approximate surface area is 115 Å². The summed E-state index contributed by atoms with van der Waals surface area (Å²) in [6.45, 7) is 2.94. The summed E-state index contributed by atoms with van der Waals surface area (Å²) in [7, 11) is 0. The minimum absolute atomic E-state index is 0.778. The predicted octanol–water partition coefficient (Wildman–Crippen LogP) is 3.64. The van der Waals surface area contributed by atoms with Crippen molar-refractivity contribution in [3.05, 3.63) is 36.0 Å². The zero-order valence-corrected chi connectivity index (χ0v) is 11.6. The first kappa shape index (κ1) is 12.2. The van der Waals surface area contributed by atoms with Crippen molar-refractivity contribution >= 4 is 16.3 Å². The maximum Gasteiger partial charge on any atom is 0.212 e. The van der Waals surface area contributed by atoms with Crippen LogP contribution < -0.4 is 4.74 Å². The molecule has 0 spiro atoms. The molecule has 0 saturated carbocycles. The van der Waals surface area contributed by atoms with Gasteiger partial charge in [0.2, 0.25) is 4.96 Å². The van der Waals surface area contributed by atoms with E-state index in [2.05, 4.69) is 17.0 Å². The maximum atomic E-state index is 5.65. The van der Waals surface area contributed by atoms with Crippen molar-refractivity contribution in [1.82, 2.24) is 14.6 Å². The maximum absolute atomic E-state index is 5.65. The predicted molar refractivity (Wildman–Crippen MR) is 76.7 cm³/mol. The van der Waals surface area contributed by atoms with Crippen LogP contribution in [0.25, 0.3) is 16.2 Å². The van der Waals surface area contributed by atoms with Crippen LogP contribution in [0, 0.1) is 0 Å². The van der Waals surface area contributed by atoms with Gasteiger partial charge in [-0.2, -0.15) is 5.10 Å². The highest BCUT2D eigenvalue weighted by Crippen LogP contribution is 2.23. The van der Waals surface area contributed by atoms with Gasteiger partial charge in [0.1, 0.15) is 11.3 Å². The summed E-state index contributed by atoms with van der Waals surface area (Å²) in [5, 5.41) is 4.18. The van der Waals surface area contributed by atoms with Crippen molar-refractivity contribution in [3.63, 3.8) is 0 Å². The molecule has 0 aliphatic carbocycles. The van der Waals surface area contributed by atoms with Crippen LogP contribution in [-0.4, -0.2) is 21.2 Å². The number of hydrogen-bond acceptors (Lipinski definition) is 4. The van der Waals surface area contributed by atoms with Gasteiger partial charge in [0.15, 0.2) is 0 Å². The zero-order valence-electron chi connectivity index (χ0n) is 10.7. The van der Waals surface area contributed by atoms with Crippen LogP contribution in [0.5, 0.6) is 5.75 Å². The van der Waals surface area contributed by atoms with Crippen LogP contribution in [0.3, 0.4) is 0 Å². The summed E-state index contributed by atoms with van der Waals surface area (Å²) in [5.41, 5.74) is 3.82. The number of benzene rings is 1. The first-order valence-corrected chi connectivity index (χ1v) is 7.27. The summed E-state index contributed by atoms with van der Waals surface area (Å²) < 4.78 is 7.44. The van der Waals surface area contributed by atoms with E-state index in [4.69, 9.17) is 4.74 Å². The van der Waals surface area contributed by atoms with E-state index < -0.39 is 0 Å². The number of aromatic nitrogens is 3. The molecule has 19 heavy (non-hydrogen) atoms. The van der Waals surface area contributed by atoms with Crippen molar-refractivity contribution in [2.75, 3.05) is 6.61 Å². The Morgan fingerprint density at radius 1 is 1.26 bits per heavy atom. The third-order valence-corrected chi connectivity index (χ3v) is 3.59. The van der Waals surface area contributed by atoms with Crippen LogP contribution in [0.2, 0.25) is 0 Å². The first-order chi connectivity index (χ1) is 9.36. The molecule has 0 bridgehead atoms. The molecule has 2 heterocycles. The van der Waals surface area contributed by atoms with E-state index in [0.717, 1.165) is 41.4 Å². The summed E-state index contributed by atoms with van der Waals surface area (Å²) in [6.07, 6.45) is 4.18. The number of unbranched alkanes of at least 4 members (excludes halogenated alkanes) is 1. The molecule has 0 radical (unpaired) electrons. The Balaban J connectivity index is 1.76. The molecule has 98 valence electrons. The Hall–Kier alpha value is -1.88. The zero-order chi connectivity index (χ0) is 13.1. The van der Waals surface area contributed by atoms with Gasteiger partial charge in [-0.15, -0.1) is 0 Å². The number of hydrogen-bond donors (Lipinski definition) is 0. The largest absolute Gasteiger partial charge is 0.494 e. The minimum atomic E-state index is 0.778. The lowest BCUT2D eigenvalue weighted by Gasteiger charge is -2.05. The molecule has 0 amide bonds. The normalized spacial score (nSPS) is 11.0. The van der Waals surface area contributed by atoms with E-state index >= 15 is 0 Å². The third kappa shape index (κ3) is 2.61. The lowest BCUT2D eigenvalue weighted by atomic mass is 10.2. The van der Waals surface area contributed by atoms with Crippen LogP contribution in [0.4, 0.5) is 0 Å². The van der Waals surface area contributed by atoms with Crippen LogP contribution in [-0.2, 0) is 0 Å². The average molecular weight is 273 g/mol. The fraction of sp³-hybridized carbons (Fsp3) is 0.286. The highest BCUT2D eigenvalue weighted by atomic mass is 32.1. The van der Waals surface area contributed by atoms with Crippen molar-refractivity contribution in [2.24, 2.45) is 0 Å². The molecule has 3 rings (SSSR count). The summed E-state index contributed by atoms with van der Waals surface area (Å²) in [6, 6.07) is 8.05. The SMILES string of the molecule is CCCCOc1ccc(-c2cn3ncsc3n2)cc1. The molecule has 0 N–H and O–H groups in total. The van der Waals surface area contributed by atoms with Gasteiger partial charge in [0.25, 0.3) is 0 Å². The number of nitrogens with zero attached hydrogens (tertiary/aromatic N) is 3. The van der Waals surface area contributed by atoms with Crippen molar-refractivity contribution < 1.29 is 4.74 Å². The minimum Gasteiger partial charge on any atom is -0.494 e. The lowest BCUT2D eigenvalue weighted by Crippen LogP contribution is -1.95. The molecule has 2 aromatic heterocycles. The lowest BCUT2D eigenvalue weighted by molar-refractivity contribution is 0.309. The smallest absolute Gasteiger partial charge is 0.212 e. The van der Waals surface area contributed by atoms with E-state index in [0.29, 0.717) is 0 Å². The van der Waals surface area contributed by atoms with E-state index in [-0.39, 0.29) is 0 Å². The molecule has 4 nitrogen and oxygen atoms in total. The number of fused-ring (bicyclic) bond motifs is 1. The highest BCUT2D eigenvalue weighted by Gasteiger charge is 2.06. The second-order valence-corrected chi connectivity index (χ2v) is 5.13. The van der Waals surface area contributed by atoms with E-state index in [9.17, 15) is 0 Å². The monoisotopic (exact) mass is 273 g/mol. The Morgan fingerprint density at radius 2 is 2.11 bits per heavy atom. The molecule has 1 aromatic carbocycles. The second kappa shape index (κ2) is 5.40. The fourth-order valence-electron chi connectivity index (χ4n) is 1.83. The standard InChI is InChI=1S/C14H15N3OS/c1-2-3-8-18-12-6-4-11(5-7-12)13-9-17-14(16-13)19-10-15-17/h4-7,9-10H,2-3,8H2,1H3. The molecular formula is C14H15N3OS. The van der Waals surface area contributed by atoms with Gasteiger partial charge in [-0.05, 0) is 30.7 Å². The Bertz CT molecular complexity index is 628. The second-order valence-electron chi connectivity index (χ2n) is 4.32. The van der Waals surface area contributed by atoms with Gasteiger partial charge in [0.05, 0.1) is 18.5 Å². The van der Waals surface area contributed by atoms with Crippen molar-refractivity contribution in [2.45, 2.75) is 19.8 Å². The molecule has 0 aliphatic rings. The van der Waals surface area contributed by atoms with E-state index in [1.807, 2.05) is 30.5 Å². The summed E-state index contributed by atoms with van der Waals surface area (Å²) in [4.78, 5) is 5.44. The van der Waals surface area contributed by atoms with Crippen molar-refractivity contribution in [1.29, 1.82) is 0 Å². The summed E-state index contributed by atoms with van der Waals surface area (Å²) in [5.74, 6) is 0.913. The van der Waals surface area contributed by atoms with Gasteiger partial charge >= 0.3 is 0 Å². The average Bonchev–Trinajstić information content (AvgIpc) is 3.01. The van der Waals surface area contributed by atoms with Gasteiger partial charge < -0.3 is 4.74 Å². The van der Waals surface area contributed by atoms with Gasteiger partial charge in [-0.3, -0.25) is 0 Å². The topological polar surface area (TPSA) is 39.4 Å². The molecule has 0 atom stereocenters. The van der Waals surface area contributed by atoms with Crippen LogP contribution >= 0.6 is 11.3 Å². The quantitative estimate of drug-likeness (QED) is 0.666. The van der Waals surface area contributed by atoms with E-state index in [1.165, 1.54) is 11.3 Å². The van der Waals surface area contributed by atoms with Crippen molar-refractivity contribution in [3.8, 4) is 17.0 Å². The Kier molecular flexibility index (Phi) is 3.46. The Morgan fingerprint density at radius 3 is 2.84 bits per heavy atom. The number of imidazole rings is 1. The van der Waals surface area contributed by atoms with Crippen LogP contribution in [0.1, 0.15) is 19.8 Å². The molecular weight excluding hydrogens is 258 g/mol. The highest BCUT2D eigenvalue weighted by molar-refractivity contribution is 7.14. The fourth-order valence-corrected chi connectivity index (χ4v) is 2.44. The molecule has 0 saturated heterocycles. The van der Waals surface area contributed by atoms with E-state index in [1.54, 1.807) is 10.0 Å². The first-order valence-electron chi connectivity index (χ1n) is 6.39. The van der Waals surface area contributed by atoms with Crippen LogP contribution in [0.15, 0.2) is 36.0 Å². The number of rotatable bonds is 5. The van der Waals surface area contributed by atoms with Gasteiger partial charge in [0, 0.05) is 5.56 Å².